The van der Waals surface area contributed by atoms with Crippen LogP contribution in [0.3, 0.4) is 0 Å². The summed E-state index contributed by atoms with van der Waals surface area (Å²) in [4.78, 5) is 30.0. The van der Waals surface area contributed by atoms with Gasteiger partial charge in [-0.3, -0.25) is 13.9 Å². The SMILES string of the molecule is CCOc1ccccc1N(CC(=O)N(Cc1cccc(Cl)c1)[C@@H](Cc1ccccc1)C(=O)NC(C)(C)C)S(=O)(=O)c1ccc(Cl)cc1. The van der Waals surface area contributed by atoms with E-state index < -0.39 is 34.1 Å². The Kier molecular flexibility index (Phi) is 12.0. The average Bonchev–Trinajstić information content (AvgIpc) is 3.02. The van der Waals surface area contributed by atoms with Gasteiger partial charge in [0.05, 0.1) is 17.2 Å². The van der Waals surface area contributed by atoms with Crippen molar-refractivity contribution in [3.05, 3.63) is 124 Å². The van der Waals surface area contributed by atoms with Crippen LogP contribution in [0.15, 0.2) is 108 Å². The van der Waals surface area contributed by atoms with Gasteiger partial charge in [-0.15, -0.1) is 0 Å². The van der Waals surface area contributed by atoms with Crippen molar-refractivity contribution < 1.29 is 22.7 Å². The lowest BCUT2D eigenvalue weighted by molar-refractivity contribution is -0.140. The third kappa shape index (κ3) is 9.73. The summed E-state index contributed by atoms with van der Waals surface area (Å²) in [6, 6.07) is 27.7. The van der Waals surface area contributed by atoms with E-state index in [-0.39, 0.29) is 41.8 Å². The molecule has 0 aliphatic heterocycles. The molecule has 0 bridgehead atoms. The molecule has 11 heteroatoms. The van der Waals surface area contributed by atoms with Crippen molar-refractivity contribution in [2.45, 2.75) is 57.1 Å². The maximum atomic E-state index is 14.7. The molecule has 4 aromatic rings. The van der Waals surface area contributed by atoms with E-state index in [1.165, 1.54) is 29.2 Å². The lowest BCUT2D eigenvalue weighted by Gasteiger charge is -2.35. The summed E-state index contributed by atoms with van der Waals surface area (Å²) in [7, 11) is -4.33. The van der Waals surface area contributed by atoms with Crippen molar-refractivity contribution >= 4 is 50.7 Å². The Bertz CT molecular complexity index is 1780. The first kappa shape index (κ1) is 35.8. The van der Waals surface area contributed by atoms with Gasteiger partial charge in [-0.2, -0.15) is 0 Å². The molecule has 1 atom stereocenters. The first-order chi connectivity index (χ1) is 22.3. The molecular formula is C36H39Cl2N3O5S. The van der Waals surface area contributed by atoms with Gasteiger partial charge >= 0.3 is 0 Å². The Balaban J connectivity index is 1.85. The summed E-state index contributed by atoms with van der Waals surface area (Å²) < 4.78 is 35.4. The Morgan fingerprint density at radius 1 is 0.830 bits per heavy atom. The van der Waals surface area contributed by atoms with Gasteiger partial charge in [0.15, 0.2) is 0 Å². The first-order valence-electron chi connectivity index (χ1n) is 15.2. The number of rotatable bonds is 13. The molecule has 0 saturated heterocycles. The molecule has 0 aromatic heterocycles. The molecule has 0 aliphatic carbocycles. The fourth-order valence-electron chi connectivity index (χ4n) is 5.03. The Morgan fingerprint density at radius 2 is 1.47 bits per heavy atom. The second-order valence-corrected chi connectivity index (χ2v) is 14.7. The minimum atomic E-state index is -4.33. The van der Waals surface area contributed by atoms with Crippen LogP contribution >= 0.6 is 23.2 Å². The summed E-state index contributed by atoms with van der Waals surface area (Å²) in [5.41, 5.74) is 1.09. The highest BCUT2D eigenvalue weighted by Crippen LogP contribution is 2.33. The van der Waals surface area contributed by atoms with E-state index in [0.29, 0.717) is 15.6 Å². The third-order valence-corrected chi connectivity index (χ3v) is 9.39. The number of sulfonamides is 1. The van der Waals surface area contributed by atoms with Crippen LogP contribution in [0.4, 0.5) is 5.69 Å². The normalized spacial score (nSPS) is 12.2. The molecule has 0 heterocycles. The number of anilines is 1. The van der Waals surface area contributed by atoms with Crippen molar-refractivity contribution in [1.82, 2.24) is 10.2 Å². The number of para-hydroxylation sites is 2. The van der Waals surface area contributed by atoms with Crippen LogP contribution in [0.1, 0.15) is 38.8 Å². The largest absolute Gasteiger partial charge is 0.492 e. The predicted octanol–water partition coefficient (Wildman–Crippen LogP) is 7.14. The van der Waals surface area contributed by atoms with Crippen LogP contribution in [-0.4, -0.2) is 49.9 Å². The lowest BCUT2D eigenvalue weighted by Crippen LogP contribution is -2.56. The van der Waals surface area contributed by atoms with E-state index in [1.807, 2.05) is 51.1 Å². The van der Waals surface area contributed by atoms with Gasteiger partial charge in [-0.1, -0.05) is 77.8 Å². The van der Waals surface area contributed by atoms with Gasteiger partial charge in [0.25, 0.3) is 10.0 Å². The van der Waals surface area contributed by atoms with Gasteiger partial charge in [-0.25, -0.2) is 8.42 Å². The monoisotopic (exact) mass is 695 g/mol. The molecule has 47 heavy (non-hydrogen) atoms. The predicted molar refractivity (Wildman–Crippen MR) is 187 cm³/mol. The van der Waals surface area contributed by atoms with Gasteiger partial charge in [0.1, 0.15) is 18.3 Å². The molecule has 0 unspecified atom stereocenters. The number of halogens is 2. The minimum Gasteiger partial charge on any atom is -0.492 e. The van der Waals surface area contributed by atoms with Gasteiger partial charge < -0.3 is 15.0 Å². The molecule has 8 nitrogen and oxygen atoms in total. The van der Waals surface area contributed by atoms with E-state index in [2.05, 4.69) is 5.32 Å². The highest BCUT2D eigenvalue weighted by atomic mass is 35.5. The van der Waals surface area contributed by atoms with Gasteiger partial charge in [0, 0.05) is 28.5 Å². The number of amides is 2. The zero-order valence-electron chi connectivity index (χ0n) is 26.8. The number of nitrogens with one attached hydrogen (secondary N) is 1. The van der Waals surface area contributed by atoms with Crippen LogP contribution in [0.5, 0.6) is 5.75 Å². The van der Waals surface area contributed by atoms with Crippen LogP contribution in [-0.2, 0) is 32.6 Å². The van der Waals surface area contributed by atoms with E-state index in [9.17, 15) is 18.0 Å². The molecule has 0 radical (unpaired) electrons. The number of hydrogen-bond acceptors (Lipinski definition) is 5. The molecule has 4 rings (SSSR count). The zero-order chi connectivity index (χ0) is 34.2. The summed E-state index contributed by atoms with van der Waals surface area (Å²) in [5.74, 6) is -0.689. The number of hydrogen-bond donors (Lipinski definition) is 1. The quantitative estimate of drug-likeness (QED) is 0.160. The summed E-state index contributed by atoms with van der Waals surface area (Å²) in [6.45, 7) is 7.01. The number of carbonyl (C=O) groups excluding carboxylic acids is 2. The van der Waals surface area contributed by atoms with Crippen LogP contribution in [0.25, 0.3) is 0 Å². The summed E-state index contributed by atoms with van der Waals surface area (Å²) in [5, 5.41) is 3.85. The van der Waals surface area contributed by atoms with Gasteiger partial charge in [-0.05, 0) is 87.4 Å². The molecular weight excluding hydrogens is 657 g/mol. The first-order valence-corrected chi connectivity index (χ1v) is 17.4. The Hall–Kier alpha value is -4.05. The van der Waals surface area contributed by atoms with E-state index >= 15 is 0 Å². The Morgan fingerprint density at radius 3 is 2.11 bits per heavy atom. The fourth-order valence-corrected chi connectivity index (χ4v) is 6.79. The van der Waals surface area contributed by atoms with Crippen LogP contribution in [0.2, 0.25) is 10.0 Å². The van der Waals surface area contributed by atoms with Crippen molar-refractivity contribution in [1.29, 1.82) is 0 Å². The average molecular weight is 697 g/mol. The van der Waals surface area contributed by atoms with Crippen molar-refractivity contribution in [3.8, 4) is 5.75 Å². The molecule has 248 valence electrons. The highest BCUT2D eigenvalue weighted by Gasteiger charge is 2.36. The number of nitrogens with zero attached hydrogens (tertiary/aromatic N) is 2. The minimum absolute atomic E-state index is 0.00358. The molecule has 0 saturated carbocycles. The third-order valence-electron chi connectivity index (χ3n) is 7.13. The number of carbonyl (C=O) groups is 2. The second kappa shape index (κ2) is 15.7. The van der Waals surface area contributed by atoms with Crippen LogP contribution < -0.4 is 14.4 Å². The highest BCUT2D eigenvalue weighted by molar-refractivity contribution is 7.92. The fraction of sp³-hybridized carbons (Fsp3) is 0.278. The number of benzene rings is 4. The molecule has 0 fully saturated rings. The van der Waals surface area contributed by atoms with Crippen LogP contribution in [0, 0.1) is 0 Å². The number of ether oxygens (including phenoxy) is 1. The van der Waals surface area contributed by atoms with Crippen molar-refractivity contribution in [3.63, 3.8) is 0 Å². The van der Waals surface area contributed by atoms with E-state index in [4.69, 9.17) is 27.9 Å². The molecule has 1 N–H and O–H groups in total. The van der Waals surface area contributed by atoms with Crippen molar-refractivity contribution in [2.24, 2.45) is 0 Å². The molecule has 2 amide bonds. The molecule has 4 aromatic carbocycles. The topological polar surface area (TPSA) is 96.0 Å². The zero-order valence-corrected chi connectivity index (χ0v) is 29.1. The van der Waals surface area contributed by atoms with Gasteiger partial charge in [0.2, 0.25) is 11.8 Å². The lowest BCUT2D eigenvalue weighted by atomic mass is 10.0. The summed E-state index contributed by atoms with van der Waals surface area (Å²) >= 11 is 12.4. The van der Waals surface area contributed by atoms with Crippen molar-refractivity contribution in [2.75, 3.05) is 17.5 Å². The summed E-state index contributed by atoms with van der Waals surface area (Å²) in [6.07, 6.45) is 0.189. The maximum absolute atomic E-state index is 14.7. The standard InChI is InChI=1S/C36H39Cl2N3O5S/c1-5-46-33-17-10-9-16-31(33)41(47(44,45)30-20-18-28(37)19-21-30)25-34(42)40(24-27-14-11-15-29(38)22-27)32(35(43)39-36(2,3)4)23-26-12-7-6-8-13-26/h6-22,32H,5,23-25H2,1-4H3,(H,39,43)/t32-/m0/s1. The molecule has 0 spiro atoms. The smallest absolute Gasteiger partial charge is 0.264 e. The van der Waals surface area contributed by atoms with E-state index in [0.717, 1.165) is 9.87 Å². The second-order valence-electron chi connectivity index (χ2n) is 12.0. The maximum Gasteiger partial charge on any atom is 0.264 e. The molecule has 0 aliphatic rings. The van der Waals surface area contributed by atoms with E-state index in [1.54, 1.807) is 55.5 Å². The Labute approximate surface area is 287 Å².